The summed E-state index contributed by atoms with van der Waals surface area (Å²) in [5, 5.41) is 3.58. The third-order valence-corrected chi connectivity index (χ3v) is 5.07. The molecule has 3 rings (SSSR count). The minimum absolute atomic E-state index is 0.00166. The number of nitrogens with one attached hydrogen (secondary N) is 1. The van der Waals surface area contributed by atoms with E-state index in [1.807, 2.05) is 24.3 Å². The van der Waals surface area contributed by atoms with Crippen molar-refractivity contribution in [3.05, 3.63) is 63.9 Å². The summed E-state index contributed by atoms with van der Waals surface area (Å²) in [5.41, 5.74) is 1.58. The van der Waals surface area contributed by atoms with Crippen LogP contribution in [0.25, 0.3) is 0 Å². The predicted octanol–water partition coefficient (Wildman–Crippen LogP) is 4.98. The quantitative estimate of drug-likeness (QED) is 0.810. The Balaban J connectivity index is 1.61. The number of carbonyl (C=O) groups excluding carboxylic acids is 1. The number of amides is 1. The van der Waals surface area contributed by atoms with E-state index in [1.165, 1.54) is 18.2 Å². The summed E-state index contributed by atoms with van der Waals surface area (Å²) >= 11 is 12.0. The lowest BCUT2D eigenvalue weighted by Gasteiger charge is -2.32. The van der Waals surface area contributed by atoms with Gasteiger partial charge in [0.1, 0.15) is 5.82 Å². The van der Waals surface area contributed by atoms with E-state index in [2.05, 4.69) is 10.2 Å². The normalized spacial score (nSPS) is 18.1. The highest BCUT2D eigenvalue weighted by Gasteiger charge is 2.26. The highest BCUT2D eigenvalue weighted by molar-refractivity contribution is 6.31. The third-order valence-electron chi connectivity index (χ3n) is 4.42. The molecule has 1 atom stereocenters. The number of piperidine rings is 1. The maximum absolute atomic E-state index is 13.2. The Morgan fingerprint density at radius 1 is 1.20 bits per heavy atom. The predicted molar refractivity (Wildman–Crippen MR) is 99.5 cm³/mol. The number of likely N-dealkylation sites (tertiary alicyclic amines) is 1. The fourth-order valence-electron chi connectivity index (χ4n) is 3.10. The van der Waals surface area contributed by atoms with Crippen molar-refractivity contribution in [3.8, 4) is 0 Å². The summed E-state index contributed by atoms with van der Waals surface area (Å²) < 4.78 is 13.2. The zero-order valence-corrected chi connectivity index (χ0v) is 15.2. The van der Waals surface area contributed by atoms with E-state index in [0.717, 1.165) is 36.5 Å². The Labute approximate surface area is 156 Å². The number of halogens is 3. The first kappa shape index (κ1) is 18.2. The van der Waals surface area contributed by atoms with Crippen LogP contribution < -0.4 is 5.32 Å². The zero-order chi connectivity index (χ0) is 17.8. The highest BCUT2D eigenvalue weighted by atomic mass is 35.5. The van der Waals surface area contributed by atoms with Crippen molar-refractivity contribution in [2.45, 2.75) is 19.4 Å². The minimum Gasteiger partial charge on any atom is -0.326 e. The van der Waals surface area contributed by atoms with Gasteiger partial charge >= 0.3 is 0 Å². The second-order valence-corrected chi connectivity index (χ2v) is 7.10. The molecule has 1 aliphatic heterocycles. The molecule has 132 valence electrons. The molecule has 25 heavy (non-hydrogen) atoms. The van der Waals surface area contributed by atoms with E-state index in [9.17, 15) is 9.18 Å². The summed E-state index contributed by atoms with van der Waals surface area (Å²) in [4.78, 5) is 14.8. The number of anilines is 1. The molecule has 0 aliphatic carbocycles. The standard InChI is InChI=1S/C19H19Cl2FN2O/c20-16-6-2-1-4-13(16)11-24-9-3-5-14(12-24)19(25)23-15-7-8-18(22)17(21)10-15/h1-2,4,6-8,10,14H,3,5,9,11-12H2,(H,23,25). The van der Waals surface area contributed by atoms with E-state index in [0.29, 0.717) is 12.2 Å². The summed E-state index contributed by atoms with van der Waals surface area (Å²) in [6.07, 6.45) is 1.78. The van der Waals surface area contributed by atoms with Crippen LogP contribution in [0.5, 0.6) is 0 Å². The van der Waals surface area contributed by atoms with Gasteiger partial charge in [-0.3, -0.25) is 9.69 Å². The molecule has 3 nitrogen and oxygen atoms in total. The number of hydrogen-bond acceptors (Lipinski definition) is 2. The fraction of sp³-hybridized carbons (Fsp3) is 0.316. The second-order valence-electron chi connectivity index (χ2n) is 6.28. The molecule has 6 heteroatoms. The summed E-state index contributed by atoms with van der Waals surface area (Å²) in [7, 11) is 0. The lowest BCUT2D eigenvalue weighted by atomic mass is 9.96. The monoisotopic (exact) mass is 380 g/mol. The van der Waals surface area contributed by atoms with E-state index in [1.54, 1.807) is 0 Å². The molecule has 1 N–H and O–H groups in total. The largest absolute Gasteiger partial charge is 0.326 e. The van der Waals surface area contributed by atoms with Crippen LogP contribution in [0.3, 0.4) is 0 Å². The molecule has 0 aromatic heterocycles. The van der Waals surface area contributed by atoms with Gasteiger partial charge in [-0.1, -0.05) is 41.4 Å². The van der Waals surface area contributed by atoms with Gasteiger partial charge in [0, 0.05) is 23.8 Å². The molecular weight excluding hydrogens is 362 g/mol. The second kappa shape index (κ2) is 8.17. The van der Waals surface area contributed by atoms with Crippen molar-refractivity contribution >= 4 is 34.8 Å². The maximum atomic E-state index is 13.2. The minimum atomic E-state index is -0.497. The van der Waals surface area contributed by atoms with Crippen LogP contribution in [-0.2, 0) is 11.3 Å². The molecule has 2 aromatic carbocycles. The molecule has 0 saturated carbocycles. The first-order valence-electron chi connectivity index (χ1n) is 8.24. The van der Waals surface area contributed by atoms with Crippen LogP contribution in [0.4, 0.5) is 10.1 Å². The Morgan fingerprint density at radius 3 is 2.76 bits per heavy atom. The molecule has 1 heterocycles. The summed E-state index contributed by atoms with van der Waals surface area (Å²) in [6.45, 7) is 2.34. The lowest BCUT2D eigenvalue weighted by molar-refractivity contribution is -0.121. The maximum Gasteiger partial charge on any atom is 0.228 e. The van der Waals surface area contributed by atoms with Crippen molar-refractivity contribution in [3.63, 3.8) is 0 Å². The number of rotatable bonds is 4. The van der Waals surface area contributed by atoms with Crippen LogP contribution in [0.2, 0.25) is 10.0 Å². The fourth-order valence-corrected chi connectivity index (χ4v) is 3.47. The lowest BCUT2D eigenvalue weighted by Crippen LogP contribution is -2.40. The summed E-state index contributed by atoms with van der Waals surface area (Å²) in [6, 6.07) is 12.0. The number of nitrogens with zero attached hydrogens (tertiary/aromatic N) is 1. The first-order valence-corrected chi connectivity index (χ1v) is 9.00. The molecule has 0 spiro atoms. The molecule has 2 aromatic rings. The van der Waals surface area contributed by atoms with Crippen LogP contribution in [-0.4, -0.2) is 23.9 Å². The molecule has 1 unspecified atom stereocenters. The van der Waals surface area contributed by atoms with E-state index >= 15 is 0 Å². The molecule has 1 saturated heterocycles. The SMILES string of the molecule is O=C(Nc1ccc(F)c(Cl)c1)C1CCCN(Cc2ccccc2Cl)C1. The average molecular weight is 381 g/mol. The molecular formula is C19H19Cl2FN2O. The van der Waals surface area contributed by atoms with Crippen molar-refractivity contribution in [1.82, 2.24) is 4.90 Å². The Kier molecular flexibility index (Phi) is 5.94. The molecule has 0 radical (unpaired) electrons. The van der Waals surface area contributed by atoms with Gasteiger partial charge in [-0.2, -0.15) is 0 Å². The first-order chi connectivity index (χ1) is 12.0. The zero-order valence-electron chi connectivity index (χ0n) is 13.6. The van der Waals surface area contributed by atoms with Crippen molar-refractivity contribution in [2.75, 3.05) is 18.4 Å². The average Bonchev–Trinajstić information content (AvgIpc) is 2.60. The van der Waals surface area contributed by atoms with Crippen LogP contribution in [0.1, 0.15) is 18.4 Å². The van der Waals surface area contributed by atoms with E-state index in [4.69, 9.17) is 23.2 Å². The van der Waals surface area contributed by atoms with Crippen LogP contribution in [0.15, 0.2) is 42.5 Å². The van der Waals surface area contributed by atoms with Gasteiger partial charge in [0.2, 0.25) is 5.91 Å². The van der Waals surface area contributed by atoms with Crippen LogP contribution >= 0.6 is 23.2 Å². The molecule has 0 bridgehead atoms. The Bertz CT molecular complexity index is 769. The smallest absolute Gasteiger partial charge is 0.228 e. The number of carbonyl (C=O) groups is 1. The van der Waals surface area contributed by atoms with Gasteiger partial charge in [0.05, 0.1) is 10.9 Å². The van der Waals surface area contributed by atoms with Crippen molar-refractivity contribution in [1.29, 1.82) is 0 Å². The number of benzene rings is 2. The molecule has 1 amide bonds. The van der Waals surface area contributed by atoms with Crippen LogP contribution in [0, 0.1) is 11.7 Å². The van der Waals surface area contributed by atoms with Crippen molar-refractivity contribution < 1.29 is 9.18 Å². The van der Waals surface area contributed by atoms with Crippen molar-refractivity contribution in [2.24, 2.45) is 5.92 Å². The molecule has 1 fully saturated rings. The Hall–Kier alpha value is -1.62. The van der Waals surface area contributed by atoms with Gasteiger partial charge in [0.25, 0.3) is 0 Å². The van der Waals surface area contributed by atoms with E-state index in [-0.39, 0.29) is 16.8 Å². The molecule has 1 aliphatic rings. The van der Waals surface area contributed by atoms with Gasteiger partial charge in [-0.25, -0.2) is 4.39 Å². The summed E-state index contributed by atoms with van der Waals surface area (Å²) in [5.74, 6) is -0.671. The highest BCUT2D eigenvalue weighted by Crippen LogP contribution is 2.24. The topological polar surface area (TPSA) is 32.3 Å². The number of hydrogen-bond donors (Lipinski definition) is 1. The Morgan fingerprint density at radius 2 is 2.00 bits per heavy atom. The van der Waals surface area contributed by atoms with Gasteiger partial charge in [0.15, 0.2) is 0 Å². The van der Waals surface area contributed by atoms with Gasteiger partial charge in [-0.15, -0.1) is 0 Å². The third kappa shape index (κ3) is 4.72. The van der Waals surface area contributed by atoms with Gasteiger partial charge in [-0.05, 0) is 49.2 Å². The van der Waals surface area contributed by atoms with E-state index < -0.39 is 5.82 Å². The van der Waals surface area contributed by atoms with Gasteiger partial charge < -0.3 is 5.32 Å².